The van der Waals surface area contributed by atoms with Crippen molar-refractivity contribution in [3.8, 4) is 0 Å². The Labute approximate surface area is 111 Å². The Bertz CT molecular complexity index is 274. The van der Waals surface area contributed by atoms with E-state index in [1.165, 1.54) is 32.1 Å². The molecule has 1 amide bonds. The predicted octanol–water partition coefficient (Wildman–Crippen LogP) is 2.41. The molecule has 0 aromatic carbocycles. The number of nitrogens with zero attached hydrogens (tertiary/aromatic N) is 1. The van der Waals surface area contributed by atoms with E-state index in [1.54, 1.807) is 0 Å². The number of piperazine rings is 1. The Balaban J connectivity index is 1.81. The van der Waals surface area contributed by atoms with Gasteiger partial charge in [0.1, 0.15) is 0 Å². The van der Waals surface area contributed by atoms with Gasteiger partial charge in [-0.3, -0.25) is 4.79 Å². The molecule has 1 aliphatic carbocycles. The summed E-state index contributed by atoms with van der Waals surface area (Å²) in [5.41, 5.74) is 0. The molecule has 1 saturated heterocycles. The van der Waals surface area contributed by atoms with Crippen LogP contribution in [0.2, 0.25) is 0 Å². The van der Waals surface area contributed by atoms with Gasteiger partial charge in [-0.2, -0.15) is 0 Å². The Morgan fingerprint density at radius 2 is 2.06 bits per heavy atom. The van der Waals surface area contributed by atoms with Crippen molar-refractivity contribution in [2.24, 2.45) is 11.8 Å². The monoisotopic (exact) mass is 252 g/mol. The second kappa shape index (κ2) is 6.55. The van der Waals surface area contributed by atoms with E-state index in [0.29, 0.717) is 17.9 Å². The molecule has 104 valence electrons. The number of hydrogen-bond donors (Lipinski definition) is 1. The van der Waals surface area contributed by atoms with Crippen molar-refractivity contribution in [3.63, 3.8) is 0 Å². The standard InChI is InChI=1S/C15H28N2O/c1-12(14-6-4-3-5-7-14)10-15(18)17-9-8-16-11-13(17)2/h12-14,16H,3-11H2,1-2H3/t12?,13-/m0/s1. The van der Waals surface area contributed by atoms with Gasteiger partial charge in [-0.1, -0.05) is 39.0 Å². The van der Waals surface area contributed by atoms with E-state index in [4.69, 9.17) is 0 Å². The second-order valence-electron chi connectivity index (χ2n) is 6.22. The first kappa shape index (κ1) is 13.9. The molecule has 0 spiro atoms. The van der Waals surface area contributed by atoms with E-state index < -0.39 is 0 Å². The minimum Gasteiger partial charge on any atom is -0.337 e. The normalized spacial score (nSPS) is 28.1. The van der Waals surface area contributed by atoms with Crippen LogP contribution in [0.1, 0.15) is 52.4 Å². The highest BCUT2D eigenvalue weighted by molar-refractivity contribution is 5.76. The average molecular weight is 252 g/mol. The van der Waals surface area contributed by atoms with Crippen molar-refractivity contribution in [1.29, 1.82) is 0 Å². The Morgan fingerprint density at radius 3 is 2.72 bits per heavy atom. The largest absolute Gasteiger partial charge is 0.337 e. The van der Waals surface area contributed by atoms with Crippen LogP contribution in [0.3, 0.4) is 0 Å². The van der Waals surface area contributed by atoms with Crippen LogP contribution in [0, 0.1) is 11.8 Å². The second-order valence-corrected chi connectivity index (χ2v) is 6.22. The molecule has 2 atom stereocenters. The van der Waals surface area contributed by atoms with E-state index in [9.17, 15) is 4.79 Å². The highest BCUT2D eigenvalue weighted by atomic mass is 16.2. The topological polar surface area (TPSA) is 32.3 Å². The molecule has 1 heterocycles. The molecule has 1 aliphatic heterocycles. The summed E-state index contributed by atoms with van der Waals surface area (Å²) in [6, 6.07) is 0.366. The summed E-state index contributed by atoms with van der Waals surface area (Å²) in [5.74, 6) is 1.74. The summed E-state index contributed by atoms with van der Waals surface area (Å²) in [6.07, 6.45) is 7.57. The fourth-order valence-electron chi connectivity index (χ4n) is 3.47. The van der Waals surface area contributed by atoms with Crippen molar-refractivity contribution in [1.82, 2.24) is 10.2 Å². The SMILES string of the molecule is CC(CC(=O)N1CCNC[C@@H]1C)C1CCCCC1. The zero-order valence-corrected chi connectivity index (χ0v) is 12.0. The maximum atomic E-state index is 12.4. The lowest BCUT2D eigenvalue weighted by atomic mass is 9.79. The van der Waals surface area contributed by atoms with Gasteiger partial charge in [0.25, 0.3) is 0 Å². The molecule has 2 fully saturated rings. The summed E-state index contributed by atoms with van der Waals surface area (Å²) >= 11 is 0. The number of amides is 1. The summed E-state index contributed by atoms with van der Waals surface area (Å²) in [5, 5.41) is 3.34. The summed E-state index contributed by atoms with van der Waals surface area (Å²) in [4.78, 5) is 14.4. The van der Waals surface area contributed by atoms with Crippen LogP contribution < -0.4 is 5.32 Å². The van der Waals surface area contributed by atoms with Crippen molar-refractivity contribution >= 4 is 5.91 Å². The summed E-state index contributed by atoms with van der Waals surface area (Å²) < 4.78 is 0. The lowest BCUT2D eigenvalue weighted by Crippen LogP contribution is -2.52. The van der Waals surface area contributed by atoms with E-state index in [-0.39, 0.29) is 0 Å². The quantitative estimate of drug-likeness (QED) is 0.836. The van der Waals surface area contributed by atoms with Crippen molar-refractivity contribution < 1.29 is 4.79 Å². The van der Waals surface area contributed by atoms with Crippen LogP contribution in [0.4, 0.5) is 0 Å². The van der Waals surface area contributed by atoms with Crippen LogP contribution >= 0.6 is 0 Å². The van der Waals surface area contributed by atoms with Crippen molar-refractivity contribution in [2.45, 2.75) is 58.4 Å². The minimum atomic E-state index is 0.366. The zero-order chi connectivity index (χ0) is 13.0. The average Bonchev–Trinajstić information content (AvgIpc) is 2.40. The summed E-state index contributed by atoms with van der Waals surface area (Å²) in [6.45, 7) is 7.21. The van der Waals surface area contributed by atoms with E-state index in [1.807, 2.05) is 0 Å². The first-order valence-electron chi connectivity index (χ1n) is 7.68. The van der Waals surface area contributed by atoms with Crippen LogP contribution in [0.25, 0.3) is 0 Å². The van der Waals surface area contributed by atoms with Crippen LogP contribution in [-0.4, -0.2) is 36.5 Å². The lowest BCUT2D eigenvalue weighted by molar-refractivity contribution is -0.135. The Hall–Kier alpha value is -0.570. The maximum Gasteiger partial charge on any atom is 0.223 e. The van der Waals surface area contributed by atoms with Crippen molar-refractivity contribution in [3.05, 3.63) is 0 Å². The molecule has 0 aromatic heterocycles. The van der Waals surface area contributed by atoms with Crippen molar-refractivity contribution in [2.75, 3.05) is 19.6 Å². The van der Waals surface area contributed by atoms with E-state index in [0.717, 1.165) is 32.0 Å². The maximum absolute atomic E-state index is 12.4. The van der Waals surface area contributed by atoms with Gasteiger partial charge in [-0.05, 0) is 18.8 Å². The van der Waals surface area contributed by atoms with Gasteiger partial charge in [0, 0.05) is 32.1 Å². The smallest absolute Gasteiger partial charge is 0.223 e. The molecule has 0 radical (unpaired) electrons. The van der Waals surface area contributed by atoms with E-state index in [2.05, 4.69) is 24.1 Å². The first-order valence-corrected chi connectivity index (χ1v) is 7.68. The number of carbonyl (C=O) groups is 1. The Kier molecular flexibility index (Phi) is 5.04. The highest BCUT2D eigenvalue weighted by Gasteiger charge is 2.27. The van der Waals surface area contributed by atoms with Crippen LogP contribution in [0.15, 0.2) is 0 Å². The van der Waals surface area contributed by atoms with Crippen LogP contribution in [0.5, 0.6) is 0 Å². The van der Waals surface area contributed by atoms with Crippen LogP contribution in [-0.2, 0) is 4.79 Å². The molecule has 3 nitrogen and oxygen atoms in total. The number of nitrogens with one attached hydrogen (secondary N) is 1. The zero-order valence-electron chi connectivity index (χ0n) is 12.0. The van der Waals surface area contributed by atoms with E-state index >= 15 is 0 Å². The van der Waals surface area contributed by atoms with Gasteiger partial charge in [0.2, 0.25) is 5.91 Å². The molecule has 18 heavy (non-hydrogen) atoms. The van der Waals surface area contributed by atoms with Gasteiger partial charge in [-0.25, -0.2) is 0 Å². The molecule has 1 unspecified atom stereocenters. The van der Waals surface area contributed by atoms with Gasteiger partial charge in [0.15, 0.2) is 0 Å². The Morgan fingerprint density at radius 1 is 1.33 bits per heavy atom. The predicted molar refractivity (Wildman–Crippen MR) is 74.4 cm³/mol. The fourth-order valence-corrected chi connectivity index (χ4v) is 3.47. The summed E-state index contributed by atoms with van der Waals surface area (Å²) in [7, 11) is 0. The minimum absolute atomic E-state index is 0.366. The third-order valence-electron chi connectivity index (χ3n) is 4.77. The molecule has 0 bridgehead atoms. The first-order chi connectivity index (χ1) is 8.68. The highest BCUT2D eigenvalue weighted by Crippen LogP contribution is 2.31. The molecular formula is C15H28N2O. The molecular weight excluding hydrogens is 224 g/mol. The molecule has 2 aliphatic rings. The molecule has 3 heteroatoms. The lowest BCUT2D eigenvalue weighted by Gasteiger charge is -2.36. The molecule has 1 saturated carbocycles. The fraction of sp³-hybridized carbons (Fsp3) is 0.933. The molecule has 1 N–H and O–H groups in total. The van der Waals surface area contributed by atoms with Gasteiger partial charge in [0.05, 0.1) is 0 Å². The van der Waals surface area contributed by atoms with Gasteiger partial charge in [-0.15, -0.1) is 0 Å². The third-order valence-corrected chi connectivity index (χ3v) is 4.77. The van der Waals surface area contributed by atoms with Gasteiger partial charge < -0.3 is 10.2 Å². The molecule has 0 aromatic rings. The number of hydrogen-bond acceptors (Lipinski definition) is 2. The number of rotatable bonds is 3. The molecule has 2 rings (SSSR count). The third kappa shape index (κ3) is 3.47. The number of carbonyl (C=O) groups excluding carboxylic acids is 1. The van der Waals surface area contributed by atoms with Gasteiger partial charge >= 0.3 is 0 Å².